The van der Waals surface area contributed by atoms with Crippen molar-refractivity contribution in [2.75, 3.05) is 0 Å². The molecule has 0 saturated carbocycles. The van der Waals surface area contributed by atoms with Gasteiger partial charge in [0.2, 0.25) is 0 Å². The molecule has 2 heterocycles. The fraction of sp³-hybridized carbons (Fsp3) is 0.231. The number of halogens is 1. The highest BCUT2D eigenvalue weighted by Gasteiger charge is 2.15. The SMILES string of the molecule is Cc1cnc(C(C)n2c(=S)[nH]c3cc(I)ccc32)s1. The van der Waals surface area contributed by atoms with Gasteiger partial charge in [-0.15, -0.1) is 11.3 Å². The quantitative estimate of drug-likeness (QED) is 0.500. The van der Waals surface area contributed by atoms with Crippen molar-refractivity contribution >= 4 is 57.2 Å². The molecule has 1 N–H and O–H groups in total. The molecule has 1 aromatic carbocycles. The fourth-order valence-corrected chi connectivity index (χ4v) is 3.84. The van der Waals surface area contributed by atoms with Crippen LogP contribution in [0.4, 0.5) is 0 Å². The second-order valence-electron chi connectivity index (χ2n) is 4.45. The van der Waals surface area contributed by atoms with Gasteiger partial charge < -0.3 is 9.55 Å². The number of imidazole rings is 1. The Kier molecular flexibility index (Phi) is 3.48. The van der Waals surface area contributed by atoms with Crippen molar-refractivity contribution in [3.8, 4) is 0 Å². The van der Waals surface area contributed by atoms with E-state index in [0.717, 1.165) is 20.8 Å². The number of fused-ring (bicyclic) bond motifs is 1. The van der Waals surface area contributed by atoms with Gasteiger partial charge in [-0.1, -0.05) is 0 Å². The predicted molar refractivity (Wildman–Crippen MR) is 90.5 cm³/mol. The van der Waals surface area contributed by atoms with E-state index in [2.05, 4.69) is 69.2 Å². The molecule has 3 aromatic rings. The van der Waals surface area contributed by atoms with Gasteiger partial charge in [-0.2, -0.15) is 0 Å². The van der Waals surface area contributed by atoms with Crippen LogP contribution in [0.2, 0.25) is 0 Å². The number of hydrogen-bond donors (Lipinski definition) is 1. The Balaban J connectivity index is 2.19. The third-order valence-corrected chi connectivity index (χ3v) is 5.12. The first-order valence-electron chi connectivity index (χ1n) is 5.88. The van der Waals surface area contributed by atoms with E-state index < -0.39 is 0 Å². The monoisotopic (exact) mass is 401 g/mol. The lowest BCUT2D eigenvalue weighted by molar-refractivity contribution is 0.644. The maximum absolute atomic E-state index is 5.46. The van der Waals surface area contributed by atoms with E-state index in [9.17, 15) is 0 Å². The number of thiazole rings is 1. The molecule has 0 aliphatic rings. The Labute approximate surface area is 133 Å². The van der Waals surface area contributed by atoms with E-state index in [1.54, 1.807) is 11.3 Å². The average Bonchev–Trinajstić information content (AvgIpc) is 2.91. The van der Waals surface area contributed by atoms with Crippen molar-refractivity contribution in [3.05, 3.63) is 42.6 Å². The molecule has 0 saturated heterocycles. The molecule has 1 atom stereocenters. The number of nitrogens with zero attached hydrogens (tertiary/aromatic N) is 2. The summed E-state index contributed by atoms with van der Waals surface area (Å²) in [5, 5.41) is 1.09. The molecule has 3 rings (SSSR count). The van der Waals surface area contributed by atoms with Crippen molar-refractivity contribution < 1.29 is 0 Å². The molecule has 0 bridgehead atoms. The Bertz CT molecular complexity index is 800. The summed E-state index contributed by atoms with van der Waals surface area (Å²) < 4.78 is 4.09. The number of hydrogen-bond acceptors (Lipinski definition) is 3. The standard InChI is InChI=1S/C13H12IN3S2/c1-7-6-15-12(19-7)8(2)17-11-4-3-9(14)5-10(11)16-13(17)18/h3-6,8H,1-2H3,(H,16,18). The smallest absolute Gasteiger partial charge is 0.178 e. The molecule has 3 nitrogen and oxygen atoms in total. The molecule has 0 radical (unpaired) electrons. The van der Waals surface area contributed by atoms with Crippen molar-refractivity contribution in [1.29, 1.82) is 0 Å². The maximum Gasteiger partial charge on any atom is 0.178 e. The molecule has 0 aliphatic carbocycles. The zero-order valence-electron chi connectivity index (χ0n) is 10.5. The van der Waals surface area contributed by atoms with Gasteiger partial charge in [0.05, 0.1) is 17.1 Å². The number of aromatic nitrogens is 3. The summed E-state index contributed by atoms with van der Waals surface area (Å²) >= 11 is 9.49. The highest BCUT2D eigenvalue weighted by atomic mass is 127. The van der Waals surface area contributed by atoms with Crippen molar-refractivity contribution in [1.82, 2.24) is 14.5 Å². The van der Waals surface area contributed by atoms with Gasteiger partial charge in [0.1, 0.15) is 5.01 Å². The zero-order valence-corrected chi connectivity index (χ0v) is 14.3. The van der Waals surface area contributed by atoms with E-state index >= 15 is 0 Å². The number of nitrogens with one attached hydrogen (secondary N) is 1. The summed E-state index contributed by atoms with van der Waals surface area (Å²) in [5.74, 6) is 0. The second kappa shape index (κ2) is 4.99. The molecular formula is C13H12IN3S2. The molecule has 1 unspecified atom stereocenters. The van der Waals surface area contributed by atoms with E-state index in [0.29, 0.717) is 0 Å². The van der Waals surface area contributed by atoms with Crippen LogP contribution in [0.25, 0.3) is 11.0 Å². The third-order valence-electron chi connectivity index (χ3n) is 3.06. The highest BCUT2D eigenvalue weighted by Crippen LogP contribution is 2.27. The van der Waals surface area contributed by atoms with Gasteiger partial charge >= 0.3 is 0 Å². The second-order valence-corrected chi connectivity index (χ2v) is 7.35. The van der Waals surface area contributed by atoms with Crippen LogP contribution in [0.3, 0.4) is 0 Å². The first-order chi connectivity index (χ1) is 9.06. The van der Waals surface area contributed by atoms with Crippen LogP contribution < -0.4 is 0 Å². The van der Waals surface area contributed by atoms with Crippen LogP contribution in [-0.2, 0) is 0 Å². The lowest BCUT2D eigenvalue weighted by Crippen LogP contribution is -2.06. The number of aryl methyl sites for hydroxylation is 1. The van der Waals surface area contributed by atoms with Gasteiger partial charge in [-0.25, -0.2) is 4.98 Å². The van der Waals surface area contributed by atoms with Crippen LogP contribution in [0, 0.1) is 15.3 Å². The minimum Gasteiger partial charge on any atom is -0.331 e. The first-order valence-corrected chi connectivity index (χ1v) is 8.18. The minimum absolute atomic E-state index is 0.153. The Hall–Kier alpha value is -0.730. The Morgan fingerprint density at radius 1 is 1.47 bits per heavy atom. The van der Waals surface area contributed by atoms with Crippen LogP contribution in [0.1, 0.15) is 22.9 Å². The molecule has 0 amide bonds. The largest absolute Gasteiger partial charge is 0.331 e. The lowest BCUT2D eigenvalue weighted by atomic mass is 10.3. The molecule has 0 fully saturated rings. The lowest BCUT2D eigenvalue weighted by Gasteiger charge is -2.11. The average molecular weight is 401 g/mol. The summed E-state index contributed by atoms with van der Waals surface area (Å²) in [6.07, 6.45) is 1.91. The Morgan fingerprint density at radius 2 is 2.26 bits per heavy atom. The van der Waals surface area contributed by atoms with Crippen LogP contribution in [0.5, 0.6) is 0 Å². The molecule has 2 aromatic heterocycles. The maximum atomic E-state index is 5.46. The summed E-state index contributed by atoms with van der Waals surface area (Å²) in [6, 6.07) is 6.48. The molecule has 98 valence electrons. The molecule has 19 heavy (non-hydrogen) atoms. The summed E-state index contributed by atoms with van der Waals surface area (Å²) in [7, 11) is 0. The minimum atomic E-state index is 0.153. The number of rotatable bonds is 2. The van der Waals surface area contributed by atoms with Crippen molar-refractivity contribution in [3.63, 3.8) is 0 Å². The topological polar surface area (TPSA) is 33.6 Å². The van der Waals surface area contributed by atoms with Gasteiger partial charge in [0.15, 0.2) is 4.77 Å². The van der Waals surface area contributed by atoms with Crippen LogP contribution in [0.15, 0.2) is 24.4 Å². The molecule has 0 aliphatic heterocycles. The van der Waals surface area contributed by atoms with E-state index in [1.807, 2.05) is 6.20 Å². The fourth-order valence-electron chi connectivity index (χ4n) is 2.16. The first kappa shape index (κ1) is 13.3. The Morgan fingerprint density at radius 3 is 2.95 bits per heavy atom. The van der Waals surface area contributed by atoms with Gasteiger partial charge in [-0.3, -0.25) is 0 Å². The summed E-state index contributed by atoms with van der Waals surface area (Å²) in [6.45, 7) is 4.21. The predicted octanol–water partition coefficient (Wildman–Crippen LogP) is 4.68. The van der Waals surface area contributed by atoms with Crippen molar-refractivity contribution in [2.45, 2.75) is 19.9 Å². The van der Waals surface area contributed by atoms with E-state index in [4.69, 9.17) is 12.2 Å². The third kappa shape index (κ3) is 2.36. The summed E-state index contributed by atoms with van der Waals surface area (Å²) in [5.41, 5.74) is 2.21. The zero-order chi connectivity index (χ0) is 13.6. The normalized spacial score (nSPS) is 13.0. The molecule has 6 heteroatoms. The van der Waals surface area contributed by atoms with Gasteiger partial charge in [0, 0.05) is 14.6 Å². The van der Waals surface area contributed by atoms with E-state index in [-0.39, 0.29) is 6.04 Å². The van der Waals surface area contributed by atoms with Crippen molar-refractivity contribution in [2.24, 2.45) is 0 Å². The number of aromatic amines is 1. The summed E-state index contributed by atoms with van der Waals surface area (Å²) in [4.78, 5) is 8.97. The van der Waals surface area contributed by atoms with Crippen LogP contribution >= 0.6 is 46.1 Å². The molecule has 0 spiro atoms. The van der Waals surface area contributed by atoms with E-state index in [1.165, 1.54) is 8.45 Å². The van der Waals surface area contributed by atoms with Gasteiger partial charge in [0.25, 0.3) is 0 Å². The van der Waals surface area contributed by atoms with Gasteiger partial charge in [-0.05, 0) is 66.9 Å². The molecular weight excluding hydrogens is 389 g/mol. The number of benzene rings is 1. The number of H-pyrrole nitrogens is 1. The van der Waals surface area contributed by atoms with Crippen LogP contribution in [-0.4, -0.2) is 14.5 Å². The highest BCUT2D eigenvalue weighted by molar-refractivity contribution is 14.1.